The highest BCUT2D eigenvalue weighted by Crippen LogP contribution is 2.36. The molecule has 1 saturated heterocycles. The molecule has 2 atom stereocenters. The predicted octanol–water partition coefficient (Wildman–Crippen LogP) is 5.04. The highest BCUT2D eigenvalue weighted by atomic mass is 16.1. The number of likely N-dealkylation sites (tertiary alicyclic amines) is 1. The van der Waals surface area contributed by atoms with Gasteiger partial charge in [0.2, 0.25) is 0 Å². The fourth-order valence-electron chi connectivity index (χ4n) is 4.46. The summed E-state index contributed by atoms with van der Waals surface area (Å²) in [6.45, 7) is 11.9. The molecule has 27 heavy (non-hydrogen) atoms. The Balaban J connectivity index is 1.95. The number of nitrogens with zero attached hydrogens (tertiary/aromatic N) is 1. The zero-order valence-corrected chi connectivity index (χ0v) is 17.3. The molecule has 2 aromatic carbocycles. The molecule has 2 unspecified atom stereocenters. The second-order valence-electron chi connectivity index (χ2n) is 8.47. The molecule has 0 aromatic heterocycles. The molecule has 1 fully saturated rings. The molecule has 1 amide bonds. The average Bonchev–Trinajstić information content (AvgIpc) is 3.09. The molecule has 0 aliphatic carbocycles. The lowest BCUT2D eigenvalue weighted by Gasteiger charge is -2.45. The van der Waals surface area contributed by atoms with Crippen LogP contribution in [0.25, 0.3) is 0 Å². The number of benzene rings is 2. The fourth-order valence-corrected chi connectivity index (χ4v) is 4.46. The molecular formula is C24H32N2O. The molecule has 1 N–H and O–H groups in total. The minimum atomic E-state index is -0.176. The Morgan fingerprint density at radius 1 is 1.15 bits per heavy atom. The van der Waals surface area contributed by atoms with E-state index in [2.05, 4.69) is 61.3 Å². The maximum absolute atomic E-state index is 13.2. The van der Waals surface area contributed by atoms with Crippen molar-refractivity contribution in [3.8, 4) is 0 Å². The van der Waals surface area contributed by atoms with Crippen LogP contribution in [0, 0.1) is 13.8 Å². The van der Waals surface area contributed by atoms with Gasteiger partial charge in [-0.1, -0.05) is 48.0 Å². The molecule has 0 radical (unpaired) electrons. The molecular weight excluding hydrogens is 332 g/mol. The van der Waals surface area contributed by atoms with Crippen LogP contribution in [0.4, 0.5) is 0 Å². The van der Waals surface area contributed by atoms with Gasteiger partial charge in [-0.25, -0.2) is 0 Å². The summed E-state index contributed by atoms with van der Waals surface area (Å²) in [5.74, 6) is 0.00461. The Morgan fingerprint density at radius 2 is 1.85 bits per heavy atom. The van der Waals surface area contributed by atoms with Crippen LogP contribution in [0.15, 0.2) is 48.5 Å². The summed E-state index contributed by atoms with van der Waals surface area (Å²) in [5.41, 5.74) is 3.86. The molecule has 144 valence electrons. The summed E-state index contributed by atoms with van der Waals surface area (Å²) in [5, 5.41) is 3.37. The van der Waals surface area contributed by atoms with E-state index in [0.717, 1.165) is 28.8 Å². The molecule has 1 aliphatic rings. The standard InChI is InChI=1S/C24H32N2O/c1-17-13-14-18(2)21(16-17)23(27)25-22(20-11-7-6-8-12-20)24(4,5)26-15-9-10-19(26)3/h6-8,11-14,16,19,22H,9-10,15H2,1-5H3,(H,25,27). The minimum Gasteiger partial charge on any atom is -0.343 e. The summed E-state index contributed by atoms with van der Waals surface area (Å²) >= 11 is 0. The van der Waals surface area contributed by atoms with Crippen molar-refractivity contribution in [2.75, 3.05) is 6.54 Å². The maximum Gasteiger partial charge on any atom is 0.252 e. The molecule has 1 aliphatic heterocycles. The first-order valence-electron chi connectivity index (χ1n) is 10.0. The number of hydrogen-bond acceptors (Lipinski definition) is 2. The second-order valence-corrected chi connectivity index (χ2v) is 8.47. The first-order valence-corrected chi connectivity index (χ1v) is 10.0. The smallest absolute Gasteiger partial charge is 0.252 e. The number of carbonyl (C=O) groups is 1. The monoisotopic (exact) mass is 364 g/mol. The summed E-state index contributed by atoms with van der Waals surface area (Å²) in [6.07, 6.45) is 2.44. The molecule has 3 rings (SSSR count). The van der Waals surface area contributed by atoms with Crippen LogP contribution in [0.5, 0.6) is 0 Å². The molecule has 0 bridgehead atoms. The number of rotatable bonds is 5. The third-order valence-corrected chi connectivity index (χ3v) is 6.05. The van der Waals surface area contributed by atoms with Crippen LogP contribution >= 0.6 is 0 Å². The van der Waals surface area contributed by atoms with Crippen LogP contribution in [0.1, 0.15) is 66.7 Å². The third kappa shape index (κ3) is 4.08. The second kappa shape index (κ2) is 7.85. The Bertz CT molecular complexity index is 797. The van der Waals surface area contributed by atoms with Gasteiger partial charge in [0, 0.05) is 17.1 Å². The van der Waals surface area contributed by atoms with Gasteiger partial charge in [-0.3, -0.25) is 9.69 Å². The SMILES string of the molecule is Cc1ccc(C)c(C(=O)NC(c2ccccc2)C(C)(C)N2CCCC2C)c1. The topological polar surface area (TPSA) is 32.3 Å². The van der Waals surface area contributed by atoms with Crippen molar-refractivity contribution in [2.24, 2.45) is 0 Å². The van der Waals surface area contributed by atoms with Crippen LogP contribution in [-0.2, 0) is 0 Å². The van der Waals surface area contributed by atoms with E-state index in [4.69, 9.17) is 0 Å². The van der Waals surface area contributed by atoms with E-state index in [0.29, 0.717) is 6.04 Å². The van der Waals surface area contributed by atoms with Crippen molar-refractivity contribution < 1.29 is 4.79 Å². The normalized spacial score (nSPS) is 19.1. The van der Waals surface area contributed by atoms with E-state index >= 15 is 0 Å². The molecule has 3 nitrogen and oxygen atoms in total. The van der Waals surface area contributed by atoms with Gasteiger partial charge in [-0.15, -0.1) is 0 Å². The largest absolute Gasteiger partial charge is 0.343 e. The molecule has 2 aromatic rings. The number of aryl methyl sites for hydroxylation is 2. The lowest BCUT2D eigenvalue weighted by molar-refractivity contribution is 0.0632. The number of carbonyl (C=O) groups excluding carboxylic acids is 1. The highest BCUT2D eigenvalue weighted by Gasteiger charge is 2.41. The van der Waals surface area contributed by atoms with E-state index in [1.165, 1.54) is 12.8 Å². The molecule has 0 saturated carbocycles. The summed E-state index contributed by atoms with van der Waals surface area (Å²) in [6, 6.07) is 16.9. The number of nitrogens with one attached hydrogen (secondary N) is 1. The minimum absolute atomic E-state index is 0.00461. The molecule has 3 heteroatoms. The first kappa shape index (κ1) is 19.6. The van der Waals surface area contributed by atoms with Crippen LogP contribution < -0.4 is 5.32 Å². The van der Waals surface area contributed by atoms with Crippen molar-refractivity contribution in [1.82, 2.24) is 10.2 Å². The lowest BCUT2D eigenvalue weighted by Crippen LogP contribution is -2.54. The van der Waals surface area contributed by atoms with Gasteiger partial charge in [0.25, 0.3) is 5.91 Å². The Kier molecular flexibility index (Phi) is 5.71. The summed E-state index contributed by atoms with van der Waals surface area (Å²) < 4.78 is 0. The van der Waals surface area contributed by atoms with Gasteiger partial charge in [0.15, 0.2) is 0 Å². The van der Waals surface area contributed by atoms with Crippen molar-refractivity contribution >= 4 is 5.91 Å². The van der Waals surface area contributed by atoms with Gasteiger partial charge in [-0.2, -0.15) is 0 Å². The quantitative estimate of drug-likeness (QED) is 0.806. The Hall–Kier alpha value is -2.13. The van der Waals surface area contributed by atoms with Crippen LogP contribution in [0.3, 0.4) is 0 Å². The van der Waals surface area contributed by atoms with Crippen molar-refractivity contribution in [3.63, 3.8) is 0 Å². The van der Waals surface area contributed by atoms with E-state index < -0.39 is 0 Å². The third-order valence-electron chi connectivity index (χ3n) is 6.05. The Labute approximate surface area is 163 Å². The molecule has 0 spiro atoms. The first-order chi connectivity index (χ1) is 12.8. The summed E-state index contributed by atoms with van der Waals surface area (Å²) in [7, 11) is 0. The number of hydrogen-bond donors (Lipinski definition) is 1. The van der Waals surface area contributed by atoms with Crippen molar-refractivity contribution in [3.05, 3.63) is 70.8 Å². The predicted molar refractivity (Wildman–Crippen MR) is 112 cm³/mol. The van der Waals surface area contributed by atoms with Crippen molar-refractivity contribution in [1.29, 1.82) is 0 Å². The van der Waals surface area contributed by atoms with Gasteiger partial charge >= 0.3 is 0 Å². The van der Waals surface area contributed by atoms with Gasteiger partial charge in [0.05, 0.1) is 6.04 Å². The summed E-state index contributed by atoms with van der Waals surface area (Å²) in [4.78, 5) is 15.8. The average molecular weight is 365 g/mol. The highest BCUT2D eigenvalue weighted by molar-refractivity contribution is 5.96. The molecule has 1 heterocycles. The zero-order chi connectivity index (χ0) is 19.6. The zero-order valence-electron chi connectivity index (χ0n) is 17.3. The van der Waals surface area contributed by atoms with E-state index in [1.54, 1.807) is 0 Å². The van der Waals surface area contributed by atoms with Crippen LogP contribution in [0.2, 0.25) is 0 Å². The lowest BCUT2D eigenvalue weighted by atomic mass is 9.86. The van der Waals surface area contributed by atoms with E-state index in [9.17, 15) is 4.79 Å². The van der Waals surface area contributed by atoms with E-state index in [-0.39, 0.29) is 17.5 Å². The van der Waals surface area contributed by atoms with Gasteiger partial charge < -0.3 is 5.32 Å². The van der Waals surface area contributed by atoms with E-state index in [1.807, 2.05) is 32.0 Å². The Morgan fingerprint density at radius 3 is 2.48 bits per heavy atom. The van der Waals surface area contributed by atoms with Gasteiger partial charge in [0.1, 0.15) is 0 Å². The number of amides is 1. The van der Waals surface area contributed by atoms with Crippen LogP contribution in [-0.4, -0.2) is 28.9 Å². The van der Waals surface area contributed by atoms with Gasteiger partial charge in [-0.05, 0) is 71.2 Å². The fraction of sp³-hybridized carbons (Fsp3) is 0.458. The maximum atomic E-state index is 13.2. The van der Waals surface area contributed by atoms with Crippen molar-refractivity contribution in [2.45, 2.75) is 65.1 Å².